The van der Waals surface area contributed by atoms with E-state index in [1.54, 1.807) is 12.1 Å². The van der Waals surface area contributed by atoms with Crippen LogP contribution in [0.15, 0.2) is 30.4 Å². The smallest absolute Gasteiger partial charge is 0.364 e. The summed E-state index contributed by atoms with van der Waals surface area (Å²) in [6, 6.07) is 4.54. The number of aromatic nitrogens is 4. The average molecular weight is 269 g/mol. The summed E-state index contributed by atoms with van der Waals surface area (Å²) in [4.78, 5) is 10.5. The van der Waals surface area contributed by atoms with Crippen LogP contribution in [0, 0.1) is 0 Å². The van der Waals surface area contributed by atoms with E-state index in [4.69, 9.17) is 16.7 Å². The monoisotopic (exact) mass is 268 g/mol. The minimum Gasteiger partial charge on any atom is -0.476 e. The first kappa shape index (κ1) is 12.2. The minimum atomic E-state index is -1.65. The highest BCUT2D eigenvalue weighted by Crippen LogP contribution is 2.21. The first-order chi connectivity index (χ1) is 8.58. The SMILES string of the molecule is O=C(O)/C(F)=C/c1cc(Cl)ccc1-n1cnnn1. The van der Waals surface area contributed by atoms with Crippen LogP contribution in [0.1, 0.15) is 5.56 Å². The zero-order chi connectivity index (χ0) is 13.1. The largest absolute Gasteiger partial charge is 0.476 e. The Morgan fingerprint density at radius 3 is 2.89 bits per heavy atom. The molecule has 0 unspecified atom stereocenters. The molecule has 1 heterocycles. The number of benzene rings is 1. The molecule has 18 heavy (non-hydrogen) atoms. The summed E-state index contributed by atoms with van der Waals surface area (Å²) >= 11 is 5.78. The van der Waals surface area contributed by atoms with Crippen molar-refractivity contribution in [1.82, 2.24) is 20.2 Å². The predicted molar refractivity (Wildman–Crippen MR) is 60.9 cm³/mol. The fourth-order valence-corrected chi connectivity index (χ4v) is 1.50. The maximum absolute atomic E-state index is 13.1. The van der Waals surface area contributed by atoms with Crippen LogP contribution >= 0.6 is 11.6 Å². The number of hydrogen-bond donors (Lipinski definition) is 1. The Labute approximate surface area is 105 Å². The summed E-state index contributed by atoms with van der Waals surface area (Å²) in [6.07, 6.45) is 2.16. The molecule has 0 saturated carbocycles. The van der Waals surface area contributed by atoms with Crippen molar-refractivity contribution in [2.24, 2.45) is 0 Å². The third-order valence-electron chi connectivity index (χ3n) is 2.07. The number of nitrogens with zero attached hydrogens (tertiary/aromatic N) is 4. The van der Waals surface area contributed by atoms with Gasteiger partial charge in [0, 0.05) is 10.6 Å². The van der Waals surface area contributed by atoms with Gasteiger partial charge in [-0.25, -0.2) is 4.79 Å². The Morgan fingerprint density at radius 1 is 1.50 bits per heavy atom. The number of carbonyl (C=O) groups is 1. The molecule has 0 radical (unpaired) electrons. The highest BCUT2D eigenvalue weighted by Gasteiger charge is 2.10. The van der Waals surface area contributed by atoms with Gasteiger partial charge in [0.15, 0.2) is 0 Å². The summed E-state index contributed by atoms with van der Waals surface area (Å²) in [5.74, 6) is -2.95. The first-order valence-electron chi connectivity index (χ1n) is 4.71. The van der Waals surface area contributed by atoms with Crippen LogP contribution in [0.25, 0.3) is 11.8 Å². The lowest BCUT2D eigenvalue weighted by Gasteiger charge is -2.05. The normalized spacial score (nSPS) is 11.6. The van der Waals surface area contributed by atoms with Crippen LogP contribution in [0.2, 0.25) is 5.02 Å². The van der Waals surface area contributed by atoms with Gasteiger partial charge in [0.05, 0.1) is 5.69 Å². The summed E-state index contributed by atoms with van der Waals surface area (Å²) in [6.45, 7) is 0. The van der Waals surface area contributed by atoms with E-state index >= 15 is 0 Å². The van der Waals surface area contributed by atoms with Crippen molar-refractivity contribution >= 4 is 23.6 Å². The fraction of sp³-hybridized carbons (Fsp3) is 0. The Kier molecular flexibility index (Phi) is 3.33. The second-order valence-corrected chi connectivity index (χ2v) is 3.69. The van der Waals surface area contributed by atoms with Crippen LogP contribution in [0.4, 0.5) is 4.39 Å². The van der Waals surface area contributed by atoms with Crippen molar-refractivity contribution in [2.75, 3.05) is 0 Å². The highest BCUT2D eigenvalue weighted by molar-refractivity contribution is 6.30. The lowest BCUT2D eigenvalue weighted by atomic mass is 10.1. The van der Waals surface area contributed by atoms with Gasteiger partial charge in [0.2, 0.25) is 5.83 Å². The molecule has 0 fully saturated rings. The molecule has 0 aliphatic rings. The van der Waals surface area contributed by atoms with E-state index < -0.39 is 11.8 Å². The van der Waals surface area contributed by atoms with Gasteiger partial charge >= 0.3 is 5.97 Å². The van der Waals surface area contributed by atoms with Crippen molar-refractivity contribution in [2.45, 2.75) is 0 Å². The van der Waals surface area contributed by atoms with E-state index in [2.05, 4.69) is 15.5 Å². The van der Waals surface area contributed by atoms with Gasteiger partial charge in [-0.05, 0) is 34.7 Å². The molecule has 1 aromatic carbocycles. The molecular formula is C10H6ClFN4O2. The molecule has 0 bridgehead atoms. The Bertz CT molecular complexity index is 612. The number of carboxylic acid groups (broad SMARTS) is 1. The lowest BCUT2D eigenvalue weighted by Crippen LogP contribution is -2.00. The van der Waals surface area contributed by atoms with Gasteiger partial charge in [-0.15, -0.1) is 5.10 Å². The van der Waals surface area contributed by atoms with Crippen LogP contribution in [-0.2, 0) is 4.79 Å². The van der Waals surface area contributed by atoms with Gasteiger partial charge in [-0.2, -0.15) is 9.07 Å². The molecule has 0 aliphatic carbocycles. The molecule has 1 aromatic heterocycles. The van der Waals surface area contributed by atoms with Crippen LogP contribution < -0.4 is 0 Å². The average Bonchev–Trinajstić information content (AvgIpc) is 2.82. The van der Waals surface area contributed by atoms with E-state index in [1.165, 1.54) is 17.1 Å². The summed E-state index contributed by atoms with van der Waals surface area (Å²) in [5, 5.41) is 19.4. The molecule has 0 aliphatic heterocycles. The van der Waals surface area contributed by atoms with Crippen molar-refractivity contribution < 1.29 is 14.3 Å². The third-order valence-corrected chi connectivity index (χ3v) is 2.31. The Balaban J connectivity index is 2.55. The quantitative estimate of drug-likeness (QED) is 0.857. The molecule has 92 valence electrons. The zero-order valence-electron chi connectivity index (χ0n) is 8.79. The van der Waals surface area contributed by atoms with Crippen molar-refractivity contribution in [3.05, 3.63) is 40.9 Å². The molecule has 0 atom stereocenters. The first-order valence-corrected chi connectivity index (χ1v) is 5.09. The molecule has 0 saturated heterocycles. The molecule has 0 amide bonds. The van der Waals surface area contributed by atoms with E-state index in [-0.39, 0.29) is 5.56 Å². The van der Waals surface area contributed by atoms with Gasteiger partial charge in [-0.3, -0.25) is 0 Å². The second kappa shape index (κ2) is 4.92. The Hall–Kier alpha value is -2.28. The number of tetrazole rings is 1. The van der Waals surface area contributed by atoms with Gasteiger partial charge in [0.1, 0.15) is 6.33 Å². The number of rotatable bonds is 3. The van der Waals surface area contributed by atoms with Gasteiger partial charge in [0.25, 0.3) is 0 Å². The summed E-state index contributed by atoms with van der Waals surface area (Å²) < 4.78 is 14.4. The standard InChI is InChI=1S/C10H6ClFN4O2/c11-7-1-2-9(16-5-13-14-15-16)6(3-7)4-8(12)10(17)18/h1-5H,(H,17,18)/b8-4-. The van der Waals surface area contributed by atoms with E-state index in [9.17, 15) is 9.18 Å². The van der Waals surface area contributed by atoms with E-state index in [0.717, 1.165) is 6.08 Å². The minimum absolute atomic E-state index is 0.259. The van der Waals surface area contributed by atoms with Crippen molar-refractivity contribution in [3.63, 3.8) is 0 Å². The molecule has 6 nitrogen and oxygen atoms in total. The lowest BCUT2D eigenvalue weighted by molar-refractivity contribution is -0.134. The molecular weight excluding hydrogens is 263 g/mol. The highest BCUT2D eigenvalue weighted by atomic mass is 35.5. The molecule has 8 heteroatoms. The van der Waals surface area contributed by atoms with E-state index in [1.807, 2.05) is 0 Å². The van der Waals surface area contributed by atoms with Gasteiger partial charge < -0.3 is 5.11 Å². The fourth-order valence-electron chi connectivity index (χ4n) is 1.32. The number of halogens is 2. The third kappa shape index (κ3) is 2.51. The summed E-state index contributed by atoms with van der Waals surface area (Å²) in [5.41, 5.74) is 0.676. The van der Waals surface area contributed by atoms with Crippen LogP contribution in [0.5, 0.6) is 0 Å². The van der Waals surface area contributed by atoms with Crippen LogP contribution in [-0.4, -0.2) is 31.3 Å². The number of hydrogen-bond acceptors (Lipinski definition) is 4. The summed E-state index contributed by atoms with van der Waals surface area (Å²) in [7, 11) is 0. The molecule has 1 N–H and O–H groups in total. The molecule has 2 aromatic rings. The maximum atomic E-state index is 13.1. The topological polar surface area (TPSA) is 80.9 Å². The van der Waals surface area contributed by atoms with Crippen molar-refractivity contribution in [3.8, 4) is 5.69 Å². The Morgan fingerprint density at radius 2 is 2.28 bits per heavy atom. The van der Waals surface area contributed by atoms with Crippen molar-refractivity contribution in [1.29, 1.82) is 0 Å². The number of carboxylic acids is 1. The number of aliphatic carboxylic acids is 1. The van der Waals surface area contributed by atoms with E-state index in [0.29, 0.717) is 10.7 Å². The predicted octanol–water partition coefficient (Wildman–Crippen LogP) is 1.71. The molecule has 0 spiro atoms. The molecule has 2 rings (SSSR count). The second-order valence-electron chi connectivity index (χ2n) is 3.25. The maximum Gasteiger partial charge on any atom is 0.364 e. The van der Waals surface area contributed by atoms with Gasteiger partial charge in [-0.1, -0.05) is 11.6 Å². The van der Waals surface area contributed by atoms with Crippen LogP contribution in [0.3, 0.4) is 0 Å². The zero-order valence-corrected chi connectivity index (χ0v) is 9.54.